The number of hydrogen-bond acceptors (Lipinski definition) is 6. The van der Waals surface area contributed by atoms with E-state index in [1.165, 1.54) is 0 Å². The fourth-order valence-electron chi connectivity index (χ4n) is 6.88. The molecule has 0 saturated heterocycles. The molecule has 3 heterocycles. The van der Waals surface area contributed by atoms with Crippen LogP contribution < -0.4 is 0 Å². The Labute approximate surface area is 291 Å². The summed E-state index contributed by atoms with van der Waals surface area (Å²) in [7, 11) is 0. The van der Waals surface area contributed by atoms with E-state index in [0.717, 1.165) is 81.3 Å². The van der Waals surface area contributed by atoms with Crippen LogP contribution in [0.1, 0.15) is 0 Å². The predicted octanol–water partition coefficient (Wildman–Crippen LogP) is 11.9. The molecule has 0 amide bonds. The summed E-state index contributed by atoms with van der Waals surface area (Å²) in [4.78, 5) is 20.2. The first-order valence-corrected chi connectivity index (χ1v) is 17.3. The minimum Gasteiger partial charge on any atom is -0.456 e. The average Bonchev–Trinajstić information content (AvgIpc) is 3.79. The van der Waals surface area contributed by atoms with Gasteiger partial charge in [-0.15, -0.1) is 11.3 Å². The molecule has 3 aromatic heterocycles. The first-order valence-electron chi connectivity index (χ1n) is 16.5. The van der Waals surface area contributed by atoms with Gasteiger partial charge in [0.15, 0.2) is 17.5 Å². The molecule has 0 saturated carbocycles. The first kappa shape index (κ1) is 28.5. The first-order chi connectivity index (χ1) is 24.8. The summed E-state index contributed by atoms with van der Waals surface area (Å²) in [6, 6.07) is 53.8. The van der Waals surface area contributed by atoms with Crippen LogP contribution in [-0.2, 0) is 0 Å². The molecule has 7 aromatic carbocycles. The van der Waals surface area contributed by atoms with Crippen LogP contribution in [0.25, 0.3) is 98.8 Å². The topological polar surface area (TPSA) is 64.7 Å². The molecule has 0 aliphatic heterocycles. The summed E-state index contributed by atoms with van der Waals surface area (Å²) in [6.07, 6.45) is 0. The third-order valence-electron chi connectivity index (χ3n) is 9.17. The largest absolute Gasteiger partial charge is 0.456 e. The molecule has 10 rings (SSSR count). The van der Waals surface area contributed by atoms with Gasteiger partial charge in [0.2, 0.25) is 0 Å². The van der Waals surface area contributed by atoms with E-state index in [9.17, 15) is 0 Å². The number of nitrogens with zero attached hydrogens (tertiary/aromatic N) is 4. The molecular formula is C44H26N4OS. The van der Waals surface area contributed by atoms with Crippen molar-refractivity contribution in [1.82, 2.24) is 19.9 Å². The highest BCUT2D eigenvalue weighted by Crippen LogP contribution is 2.47. The van der Waals surface area contributed by atoms with Crippen LogP contribution >= 0.6 is 11.3 Å². The van der Waals surface area contributed by atoms with Crippen LogP contribution in [0.2, 0.25) is 0 Å². The van der Waals surface area contributed by atoms with Gasteiger partial charge < -0.3 is 4.42 Å². The van der Waals surface area contributed by atoms with Crippen molar-refractivity contribution in [3.63, 3.8) is 0 Å². The molecule has 50 heavy (non-hydrogen) atoms. The maximum atomic E-state index is 6.49. The molecule has 6 heteroatoms. The number of fused-ring (bicyclic) bond motifs is 5. The molecule has 0 N–H and O–H groups in total. The minimum absolute atomic E-state index is 0.627. The average molecular weight is 659 g/mol. The van der Waals surface area contributed by atoms with Crippen molar-refractivity contribution in [2.45, 2.75) is 0 Å². The molecule has 0 radical (unpaired) electrons. The fourth-order valence-corrected chi connectivity index (χ4v) is 8.00. The second kappa shape index (κ2) is 11.6. The number of aromatic nitrogens is 4. The van der Waals surface area contributed by atoms with E-state index >= 15 is 0 Å². The summed E-state index contributed by atoms with van der Waals surface area (Å²) < 4.78 is 7.61. The molecule has 0 fully saturated rings. The lowest BCUT2D eigenvalue weighted by atomic mass is 9.92. The summed E-state index contributed by atoms with van der Waals surface area (Å²) in [5, 5.41) is 5.31. The highest BCUT2D eigenvalue weighted by molar-refractivity contribution is 7.22. The zero-order chi connectivity index (χ0) is 33.0. The van der Waals surface area contributed by atoms with Crippen LogP contribution in [-0.4, -0.2) is 19.9 Å². The van der Waals surface area contributed by atoms with Crippen molar-refractivity contribution in [2.75, 3.05) is 0 Å². The zero-order valence-corrected chi connectivity index (χ0v) is 27.4. The van der Waals surface area contributed by atoms with Crippen LogP contribution in [0, 0.1) is 0 Å². The van der Waals surface area contributed by atoms with Gasteiger partial charge in [-0.2, -0.15) is 0 Å². The third-order valence-corrected chi connectivity index (χ3v) is 10.3. The Morgan fingerprint density at radius 3 is 1.64 bits per heavy atom. The maximum absolute atomic E-state index is 6.49. The van der Waals surface area contributed by atoms with Crippen LogP contribution in [0.15, 0.2) is 162 Å². The number of thiazole rings is 1. The summed E-state index contributed by atoms with van der Waals surface area (Å²) in [5.74, 6) is 1.90. The lowest BCUT2D eigenvalue weighted by Gasteiger charge is -2.13. The Morgan fingerprint density at radius 2 is 0.960 bits per heavy atom. The van der Waals surface area contributed by atoms with Gasteiger partial charge >= 0.3 is 0 Å². The van der Waals surface area contributed by atoms with Gasteiger partial charge in [-0.3, -0.25) is 0 Å². The van der Waals surface area contributed by atoms with Crippen molar-refractivity contribution >= 4 is 54.3 Å². The van der Waals surface area contributed by atoms with Gasteiger partial charge in [-0.25, -0.2) is 19.9 Å². The fraction of sp³-hybridized carbons (Fsp3) is 0. The SMILES string of the molecule is c1ccc(-c2nc(-c3ccccc3)nc(-c3cccc4c(-c5c6sc(-c7ccccc7)nc6cc6oc7ccccc7c56)cccc34)n2)cc1. The van der Waals surface area contributed by atoms with Crippen LogP contribution in [0.4, 0.5) is 0 Å². The Balaban J connectivity index is 1.25. The van der Waals surface area contributed by atoms with Crippen molar-refractivity contribution in [2.24, 2.45) is 0 Å². The van der Waals surface area contributed by atoms with Gasteiger partial charge in [-0.05, 0) is 22.4 Å². The monoisotopic (exact) mass is 658 g/mol. The second-order valence-electron chi connectivity index (χ2n) is 12.2. The highest BCUT2D eigenvalue weighted by atomic mass is 32.1. The van der Waals surface area contributed by atoms with E-state index in [0.29, 0.717) is 17.5 Å². The third kappa shape index (κ3) is 4.69. The van der Waals surface area contributed by atoms with Gasteiger partial charge in [0.25, 0.3) is 0 Å². The van der Waals surface area contributed by atoms with E-state index in [-0.39, 0.29) is 0 Å². The summed E-state index contributed by atoms with van der Waals surface area (Å²) in [5.41, 5.74) is 8.74. The molecule has 0 aliphatic rings. The predicted molar refractivity (Wildman–Crippen MR) is 205 cm³/mol. The van der Waals surface area contributed by atoms with Gasteiger partial charge in [0, 0.05) is 44.7 Å². The molecule has 0 unspecified atom stereocenters. The Hall–Kier alpha value is -6.50. The minimum atomic E-state index is 0.627. The highest BCUT2D eigenvalue weighted by Gasteiger charge is 2.22. The van der Waals surface area contributed by atoms with E-state index in [4.69, 9.17) is 24.4 Å². The number of hydrogen-bond donors (Lipinski definition) is 0. The zero-order valence-electron chi connectivity index (χ0n) is 26.6. The van der Waals surface area contributed by atoms with E-state index in [2.05, 4.69) is 78.9 Å². The lowest BCUT2D eigenvalue weighted by molar-refractivity contribution is 0.669. The number of furan rings is 1. The van der Waals surface area contributed by atoms with Gasteiger partial charge in [0.1, 0.15) is 16.2 Å². The molecule has 10 aromatic rings. The maximum Gasteiger partial charge on any atom is 0.164 e. The van der Waals surface area contributed by atoms with E-state index in [1.54, 1.807) is 11.3 Å². The van der Waals surface area contributed by atoms with E-state index in [1.807, 2.05) is 78.9 Å². The molecule has 0 spiro atoms. The number of benzene rings is 7. The second-order valence-corrected chi connectivity index (χ2v) is 13.2. The standard InChI is InChI=1S/C44H26N4OS/c1-4-14-27(15-5-1)41-46-42(28-16-6-2-7-17-28)48-43(47-41)33-24-13-21-30-31(33)22-12-23-32(30)39-38-34-20-10-11-25-36(34)49-37(38)26-35-40(39)50-44(45-35)29-18-8-3-9-19-29/h1-26H. The normalized spacial score (nSPS) is 11.6. The van der Waals surface area contributed by atoms with Crippen LogP contribution in [0.5, 0.6) is 0 Å². The summed E-state index contributed by atoms with van der Waals surface area (Å²) in [6.45, 7) is 0. The Bertz CT molecular complexity index is 2810. The number of para-hydroxylation sites is 1. The molecular weight excluding hydrogens is 633 g/mol. The quantitative estimate of drug-likeness (QED) is 0.184. The van der Waals surface area contributed by atoms with Crippen LogP contribution in [0.3, 0.4) is 0 Å². The number of rotatable bonds is 5. The molecule has 5 nitrogen and oxygen atoms in total. The smallest absolute Gasteiger partial charge is 0.164 e. The Morgan fingerprint density at radius 1 is 0.420 bits per heavy atom. The molecule has 0 atom stereocenters. The van der Waals surface area contributed by atoms with Crippen molar-refractivity contribution < 1.29 is 4.42 Å². The molecule has 0 bridgehead atoms. The van der Waals surface area contributed by atoms with Crippen molar-refractivity contribution in [3.05, 3.63) is 158 Å². The molecule has 234 valence electrons. The van der Waals surface area contributed by atoms with Crippen molar-refractivity contribution in [1.29, 1.82) is 0 Å². The van der Waals surface area contributed by atoms with Gasteiger partial charge in [-0.1, -0.05) is 146 Å². The molecule has 0 aliphatic carbocycles. The summed E-state index contributed by atoms with van der Waals surface area (Å²) >= 11 is 1.72. The van der Waals surface area contributed by atoms with Gasteiger partial charge in [0.05, 0.1) is 10.2 Å². The van der Waals surface area contributed by atoms with E-state index < -0.39 is 0 Å². The lowest BCUT2D eigenvalue weighted by Crippen LogP contribution is -2.00. The Kier molecular flexibility index (Phi) is 6.60. The van der Waals surface area contributed by atoms with Crippen molar-refractivity contribution in [3.8, 4) is 55.9 Å².